The van der Waals surface area contributed by atoms with Crippen molar-refractivity contribution >= 4 is 0 Å². The largest absolute Gasteiger partial charge is 0.396 e. The van der Waals surface area contributed by atoms with Crippen LogP contribution in [0.2, 0.25) is 0 Å². The molecule has 3 N–H and O–H groups in total. The van der Waals surface area contributed by atoms with E-state index in [1.54, 1.807) is 0 Å². The first-order valence-corrected chi connectivity index (χ1v) is 13.0. The van der Waals surface area contributed by atoms with Crippen LogP contribution in [0, 0.1) is 40.4 Å². The third-order valence-corrected chi connectivity index (χ3v) is 10.5. The van der Waals surface area contributed by atoms with Crippen molar-refractivity contribution in [1.29, 1.82) is 0 Å². The predicted molar refractivity (Wildman–Crippen MR) is 120 cm³/mol. The maximum absolute atomic E-state index is 9.29. The van der Waals surface area contributed by atoms with Gasteiger partial charge in [0.05, 0.1) is 6.10 Å². The van der Waals surface area contributed by atoms with Gasteiger partial charge in [-0.25, -0.2) is 0 Å². The number of fused-ring (bicyclic) bond motifs is 5. The van der Waals surface area contributed by atoms with Gasteiger partial charge in [-0.15, -0.1) is 0 Å². The van der Waals surface area contributed by atoms with Gasteiger partial charge in [-0.2, -0.15) is 0 Å². The van der Waals surface area contributed by atoms with Gasteiger partial charge in [0.15, 0.2) is 0 Å². The Hall–Kier alpha value is -0.120. The number of hydrogen-bond donors (Lipinski definition) is 2. The van der Waals surface area contributed by atoms with Crippen LogP contribution < -0.4 is 5.73 Å². The van der Waals surface area contributed by atoms with Gasteiger partial charge in [-0.1, -0.05) is 33.1 Å². The molecule has 0 aromatic carbocycles. The molecule has 0 aromatic rings. The average molecular weight is 406 g/mol. The van der Waals surface area contributed by atoms with Crippen LogP contribution in [0.4, 0.5) is 0 Å². The van der Waals surface area contributed by atoms with E-state index < -0.39 is 0 Å². The molecule has 168 valence electrons. The molecule has 4 aliphatic rings. The van der Waals surface area contributed by atoms with Crippen LogP contribution in [-0.4, -0.2) is 31.0 Å². The highest BCUT2D eigenvalue weighted by molar-refractivity contribution is 5.12. The number of aliphatic hydroxyl groups excluding tert-OH is 1. The molecule has 5 unspecified atom stereocenters. The Balaban J connectivity index is 1.58. The molecule has 0 radical (unpaired) electrons. The zero-order chi connectivity index (χ0) is 20.5. The van der Waals surface area contributed by atoms with Crippen molar-refractivity contribution in [1.82, 2.24) is 0 Å². The van der Waals surface area contributed by atoms with Crippen molar-refractivity contribution in [3.05, 3.63) is 0 Å². The Labute approximate surface area is 179 Å². The van der Waals surface area contributed by atoms with E-state index in [0.29, 0.717) is 23.5 Å². The van der Waals surface area contributed by atoms with E-state index in [2.05, 4.69) is 13.8 Å². The first kappa shape index (κ1) is 22.1. The van der Waals surface area contributed by atoms with Crippen LogP contribution in [0.5, 0.6) is 0 Å². The van der Waals surface area contributed by atoms with Crippen molar-refractivity contribution in [3.63, 3.8) is 0 Å². The maximum Gasteiger partial charge on any atom is 0.0637 e. The molecule has 4 rings (SSSR count). The fourth-order valence-electron chi connectivity index (χ4n) is 8.88. The number of aliphatic hydroxyl groups is 1. The number of unbranched alkanes of at least 4 members (excludes halogenated alkanes) is 1. The summed E-state index contributed by atoms with van der Waals surface area (Å²) in [6.45, 7) is 7.19. The number of nitrogens with two attached hydrogens (primary N) is 1. The third-order valence-electron chi connectivity index (χ3n) is 10.5. The van der Waals surface area contributed by atoms with Gasteiger partial charge in [-0.3, -0.25) is 0 Å². The van der Waals surface area contributed by atoms with Crippen LogP contribution >= 0.6 is 0 Å². The molecule has 0 bridgehead atoms. The number of rotatable bonds is 8. The lowest BCUT2D eigenvalue weighted by Gasteiger charge is -2.62. The van der Waals surface area contributed by atoms with Gasteiger partial charge in [0.2, 0.25) is 0 Å². The van der Waals surface area contributed by atoms with E-state index in [0.717, 1.165) is 55.6 Å². The maximum atomic E-state index is 9.29. The molecule has 4 aliphatic carbocycles. The van der Waals surface area contributed by atoms with Crippen LogP contribution in [0.25, 0.3) is 0 Å². The topological polar surface area (TPSA) is 55.5 Å². The molecule has 29 heavy (non-hydrogen) atoms. The van der Waals surface area contributed by atoms with E-state index in [1.165, 1.54) is 70.6 Å². The summed E-state index contributed by atoms with van der Waals surface area (Å²) in [5.41, 5.74) is 6.70. The highest BCUT2D eigenvalue weighted by atomic mass is 16.5. The van der Waals surface area contributed by atoms with Gasteiger partial charge in [0.25, 0.3) is 0 Å². The molecule has 8 atom stereocenters. The molecular formula is C26H47NO2. The lowest BCUT2D eigenvalue weighted by atomic mass is 9.44. The summed E-state index contributed by atoms with van der Waals surface area (Å²) >= 11 is 0. The Morgan fingerprint density at radius 1 is 0.966 bits per heavy atom. The lowest BCUT2D eigenvalue weighted by Crippen LogP contribution is -2.58. The molecule has 3 nitrogen and oxygen atoms in total. The molecule has 4 fully saturated rings. The molecule has 0 aromatic heterocycles. The number of hydrogen-bond acceptors (Lipinski definition) is 3. The molecule has 0 heterocycles. The van der Waals surface area contributed by atoms with Crippen LogP contribution in [0.15, 0.2) is 0 Å². The summed E-state index contributed by atoms with van der Waals surface area (Å²) < 4.78 is 6.72. The Bertz CT molecular complexity index is 539. The molecule has 0 spiro atoms. The van der Waals surface area contributed by atoms with Crippen molar-refractivity contribution in [2.75, 3.05) is 19.8 Å². The van der Waals surface area contributed by atoms with E-state index in [9.17, 15) is 5.11 Å². The van der Waals surface area contributed by atoms with Crippen molar-refractivity contribution < 1.29 is 9.84 Å². The minimum Gasteiger partial charge on any atom is -0.396 e. The summed E-state index contributed by atoms with van der Waals surface area (Å²) in [4.78, 5) is 0. The summed E-state index contributed by atoms with van der Waals surface area (Å²) in [7, 11) is 0. The van der Waals surface area contributed by atoms with Gasteiger partial charge < -0.3 is 15.6 Å². The summed E-state index contributed by atoms with van der Waals surface area (Å²) in [5.74, 6) is 4.39. The highest BCUT2D eigenvalue weighted by Crippen LogP contribution is 2.68. The highest BCUT2D eigenvalue weighted by Gasteiger charge is 2.63. The monoisotopic (exact) mass is 405 g/mol. The summed E-state index contributed by atoms with van der Waals surface area (Å²) in [6.07, 6.45) is 17.7. The SMILES string of the molecule is C[C@]12CCCCC1CCC1C2C[C@H](OCCCN)[C@]2(C)C(CCCCO)CCC12. The minimum atomic E-state index is 0.336. The fourth-order valence-corrected chi connectivity index (χ4v) is 8.88. The molecule has 3 heteroatoms. The smallest absolute Gasteiger partial charge is 0.0637 e. The average Bonchev–Trinajstić information content (AvgIpc) is 3.06. The standard InChI is InChI=1S/C26H47NO2/c1-25-14-5-3-8-19(25)10-12-21-22-13-11-20(9-4-6-16-28)26(22,2)24(18-23(21)25)29-17-7-15-27/h19-24,28H,3-18,27H2,1-2H3/t19?,20?,21?,22?,23?,24-,25-,26+/m0/s1. The van der Waals surface area contributed by atoms with E-state index in [1.807, 2.05) is 0 Å². The zero-order valence-corrected chi connectivity index (χ0v) is 19.2. The summed E-state index contributed by atoms with van der Waals surface area (Å²) in [6, 6.07) is 0. The molecule has 0 amide bonds. The van der Waals surface area contributed by atoms with Crippen molar-refractivity contribution in [2.24, 2.45) is 46.2 Å². The molecule has 0 aliphatic heterocycles. The van der Waals surface area contributed by atoms with Crippen LogP contribution in [-0.2, 0) is 4.74 Å². The molecule has 0 saturated heterocycles. The second kappa shape index (κ2) is 9.17. The van der Waals surface area contributed by atoms with Gasteiger partial charge in [0, 0.05) is 13.2 Å². The number of ether oxygens (including phenoxy) is 1. The van der Waals surface area contributed by atoms with Gasteiger partial charge in [-0.05, 0) is 111 Å². The fraction of sp³-hybridized carbons (Fsp3) is 1.00. The van der Waals surface area contributed by atoms with Crippen LogP contribution in [0.3, 0.4) is 0 Å². The van der Waals surface area contributed by atoms with Gasteiger partial charge >= 0.3 is 0 Å². The van der Waals surface area contributed by atoms with E-state index in [4.69, 9.17) is 10.5 Å². The third kappa shape index (κ3) is 3.82. The van der Waals surface area contributed by atoms with E-state index >= 15 is 0 Å². The first-order valence-electron chi connectivity index (χ1n) is 13.0. The summed E-state index contributed by atoms with van der Waals surface area (Å²) in [5, 5.41) is 9.29. The van der Waals surface area contributed by atoms with Gasteiger partial charge in [0.1, 0.15) is 0 Å². The Morgan fingerprint density at radius 2 is 1.83 bits per heavy atom. The normalized spacial score (nSPS) is 46.8. The predicted octanol–water partition coefficient (Wildman–Crippen LogP) is 5.54. The second-order valence-electron chi connectivity index (χ2n) is 11.5. The quantitative estimate of drug-likeness (QED) is 0.521. The van der Waals surface area contributed by atoms with Crippen molar-refractivity contribution in [3.8, 4) is 0 Å². The Morgan fingerprint density at radius 3 is 2.62 bits per heavy atom. The van der Waals surface area contributed by atoms with Crippen LogP contribution in [0.1, 0.15) is 97.3 Å². The van der Waals surface area contributed by atoms with E-state index in [-0.39, 0.29) is 0 Å². The van der Waals surface area contributed by atoms with Crippen molar-refractivity contribution in [2.45, 2.75) is 103 Å². The minimum absolute atomic E-state index is 0.336. The lowest BCUT2D eigenvalue weighted by molar-refractivity contribution is -0.181. The second-order valence-corrected chi connectivity index (χ2v) is 11.5. The zero-order valence-electron chi connectivity index (χ0n) is 19.2. The first-order chi connectivity index (χ1) is 14.1. The molecule has 4 saturated carbocycles. The Kier molecular flexibility index (Phi) is 6.98. The molecular weight excluding hydrogens is 358 g/mol.